The van der Waals surface area contributed by atoms with Gasteiger partial charge in [-0.15, -0.1) is 0 Å². The molecule has 1 saturated heterocycles. The molecular weight excluding hydrogens is 400 g/mol. The summed E-state index contributed by atoms with van der Waals surface area (Å²) in [5.41, 5.74) is 0.295. The summed E-state index contributed by atoms with van der Waals surface area (Å²) in [5.74, 6) is -0.829. The monoisotopic (exact) mass is 420 g/mol. The van der Waals surface area contributed by atoms with E-state index in [2.05, 4.69) is 4.98 Å². The number of pyridine rings is 1. The van der Waals surface area contributed by atoms with Gasteiger partial charge >= 0.3 is 5.97 Å². The van der Waals surface area contributed by atoms with Gasteiger partial charge in [0.15, 0.2) is 6.61 Å². The molecule has 0 saturated carbocycles. The second-order valence-electron chi connectivity index (χ2n) is 6.52. The van der Waals surface area contributed by atoms with Crippen LogP contribution in [0, 0.1) is 0 Å². The first-order chi connectivity index (χ1) is 13.4. The van der Waals surface area contributed by atoms with Crippen molar-refractivity contribution >= 4 is 35.2 Å². The Labute approximate surface area is 173 Å². The molecule has 1 fully saturated rings. The molecular formula is C20H21ClN2O4S. The number of hydrogen-bond donors (Lipinski definition) is 0. The molecule has 2 aromatic rings. The lowest BCUT2D eigenvalue weighted by Crippen LogP contribution is -2.49. The molecule has 1 aliphatic rings. The molecule has 1 aromatic heterocycles. The Morgan fingerprint density at radius 3 is 2.64 bits per heavy atom. The van der Waals surface area contributed by atoms with Gasteiger partial charge in [-0.05, 0) is 38.1 Å². The second kappa shape index (κ2) is 9.41. The molecule has 2 heterocycles. The summed E-state index contributed by atoms with van der Waals surface area (Å²) in [6.07, 6.45) is 1.51. The zero-order valence-electron chi connectivity index (χ0n) is 15.6. The number of carbonyl (C=O) groups is 2. The van der Waals surface area contributed by atoms with E-state index in [1.54, 1.807) is 29.3 Å². The van der Waals surface area contributed by atoms with Crippen molar-refractivity contribution in [3.8, 4) is 0 Å². The number of rotatable bonds is 5. The first kappa shape index (κ1) is 20.6. The van der Waals surface area contributed by atoms with E-state index in [9.17, 15) is 9.59 Å². The molecule has 1 amide bonds. The van der Waals surface area contributed by atoms with Gasteiger partial charge in [0.05, 0.1) is 22.8 Å². The van der Waals surface area contributed by atoms with Crippen LogP contribution in [-0.2, 0) is 14.3 Å². The van der Waals surface area contributed by atoms with Crippen molar-refractivity contribution in [2.45, 2.75) is 36.0 Å². The SMILES string of the molecule is C[C@@H]1CN(C(=O)COC(=O)c2cccnc2Sc2ccccc2Cl)C[C@H](C)O1. The predicted octanol–water partition coefficient (Wildman–Crippen LogP) is 3.68. The van der Waals surface area contributed by atoms with Gasteiger partial charge in [0, 0.05) is 24.2 Å². The van der Waals surface area contributed by atoms with Gasteiger partial charge in [-0.25, -0.2) is 9.78 Å². The lowest BCUT2D eigenvalue weighted by Gasteiger charge is -2.35. The zero-order chi connectivity index (χ0) is 20.1. The summed E-state index contributed by atoms with van der Waals surface area (Å²) in [6.45, 7) is 4.48. The quantitative estimate of drug-likeness (QED) is 0.687. The number of ether oxygens (including phenoxy) is 2. The molecule has 0 radical (unpaired) electrons. The Hall–Kier alpha value is -2.09. The summed E-state index contributed by atoms with van der Waals surface area (Å²) >= 11 is 7.47. The minimum absolute atomic E-state index is 0.0413. The smallest absolute Gasteiger partial charge is 0.341 e. The van der Waals surface area contributed by atoms with E-state index in [1.165, 1.54) is 11.8 Å². The lowest BCUT2D eigenvalue weighted by molar-refractivity contribution is -0.146. The van der Waals surface area contributed by atoms with Crippen LogP contribution in [0.25, 0.3) is 0 Å². The summed E-state index contributed by atoms with van der Waals surface area (Å²) in [7, 11) is 0. The Morgan fingerprint density at radius 1 is 1.21 bits per heavy atom. The maximum absolute atomic E-state index is 12.6. The van der Waals surface area contributed by atoms with E-state index in [4.69, 9.17) is 21.1 Å². The lowest BCUT2D eigenvalue weighted by atomic mass is 10.2. The van der Waals surface area contributed by atoms with Crippen molar-refractivity contribution in [3.05, 3.63) is 53.2 Å². The van der Waals surface area contributed by atoms with Crippen LogP contribution in [0.5, 0.6) is 0 Å². The molecule has 0 spiro atoms. The van der Waals surface area contributed by atoms with Crippen LogP contribution in [0.4, 0.5) is 0 Å². The fourth-order valence-corrected chi connectivity index (χ4v) is 4.08. The number of halogens is 1. The summed E-state index contributed by atoms with van der Waals surface area (Å²) in [6, 6.07) is 10.6. The van der Waals surface area contributed by atoms with Gasteiger partial charge in [-0.2, -0.15) is 0 Å². The van der Waals surface area contributed by atoms with Gasteiger partial charge in [0.25, 0.3) is 5.91 Å². The van der Waals surface area contributed by atoms with Crippen LogP contribution in [0.15, 0.2) is 52.5 Å². The number of nitrogens with zero attached hydrogens (tertiary/aromatic N) is 2. The predicted molar refractivity (Wildman–Crippen MR) is 107 cm³/mol. The van der Waals surface area contributed by atoms with Crippen LogP contribution in [0.3, 0.4) is 0 Å². The minimum Gasteiger partial charge on any atom is -0.452 e. The fraction of sp³-hybridized carbons (Fsp3) is 0.350. The number of esters is 1. The Kier molecular flexibility index (Phi) is 6.93. The number of morpholine rings is 1. The van der Waals surface area contributed by atoms with Gasteiger partial charge in [-0.1, -0.05) is 35.5 Å². The highest BCUT2D eigenvalue weighted by atomic mass is 35.5. The maximum Gasteiger partial charge on any atom is 0.341 e. The largest absolute Gasteiger partial charge is 0.452 e. The highest BCUT2D eigenvalue weighted by molar-refractivity contribution is 7.99. The zero-order valence-corrected chi connectivity index (χ0v) is 17.2. The molecule has 0 N–H and O–H groups in total. The summed E-state index contributed by atoms with van der Waals surface area (Å²) in [5, 5.41) is 1.05. The van der Waals surface area contributed by atoms with Gasteiger partial charge in [-0.3, -0.25) is 4.79 Å². The van der Waals surface area contributed by atoms with Crippen molar-refractivity contribution in [2.24, 2.45) is 0 Å². The van der Waals surface area contributed by atoms with Gasteiger partial charge < -0.3 is 14.4 Å². The highest BCUT2D eigenvalue weighted by Gasteiger charge is 2.27. The molecule has 0 aliphatic carbocycles. The first-order valence-electron chi connectivity index (χ1n) is 8.91. The first-order valence-corrected chi connectivity index (χ1v) is 10.1. The van der Waals surface area contributed by atoms with Crippen molar-refractivity contribution < 1.29 is 19.1 Å². The molecule has 0 unspecified atom stereocenters. The average Bonchev–Trinajstić information content (AvgIpc) is 2.67. The van der Waals surface area contributed by atoms with Crippen molar-refractivity contribution in [2.75, 3.05) is 19.7 Å². The van der Waals surface area contributed by atoms with Gasteiger partial charge in [0.2, 0.25) is 0 Å². The molecule has 1 aromatic carbocycles. The van der Waals surface area contributed by atoms with Crippen molar-refractivity contribution in [3.63, 3.8) is 0 Å². The number of hydrogen-bond acceptors (Lipinski definition) is 6. The molecule has 148 valence electrons. The highest BCUT2D eigenvalue weighted by Crippen LogP contribution is 2.33. The standard InChI is InChI=1S/C20H21ClN2O4S/c1-13-10-23(11-14(2)27-13)18(24)12-26-20(25)15-6-5-9-22-19(15)28-17-8-4-3-7-16(17)21/h3-9,13-14H,10-12H2,1-2H3/t13-,14+. The third-order valence-electron chi connectivity index (χ3n) is 4.13. The summed E-state index contributed by atoms with van der Waals surface area (Å²) in [4.78, 5) is 31.7. The molecule has 28 heavy (non-hydrogen) atoms. The summed E-state index contributed by atoms with van der Waals surface area (Å²) < 4.78 is 10.9. The van der Waals surface area contributed by atoms with E-state index >= 15 is 0 Å². The van der Waals surface area contributed by atoms with Crippen molar-refractivity contribution in [1.29, 1.82) is 0 Å². The van der Waals surface area contributed by atoms with E-state index in [-0.39, 0.29) is 24.7 Å². The third kappa shape index (κ3) is 5.25. The molecule has 3 rings (SSSR count). The number of benzene rings is 1. The van der Waals surface area contributed by atoms with E-state index in [1.807, 2.05) is 32.0 Å². The maximum atomic E-state index is 12.6. The van der Waals surface area contributed by atoms with E-state index in [0.717, 1.165) is 4.90 Å². The number of carbonyl (C=O) groups excluding carboxylic acids is 2. The van der Waals surface area contributed by atoms with Gasteiger partial charge in [0.1, 0.15) is 5.03 Å². The normalized spacial score (nSPS) is 19.3. The topological polar surface area (TPSA) is 68.7 Å². The Morgan fingerprint density at radius 2 is 1.93 bits per heavy atom. The Balaban J connectivity index is 1.65. The fourth-order valence-electron chi connectivity index (χ4n) is 2.94. The second-order valence-corrected chi connectivity index (χ2v) is 7.96. The molecule has 6 nitrogen and oxygen atoms in total. The Bertz CT molecular complexity index is 854. The molecule has 2 atom stereocenters. The van der Waals surface area contributed by atoms with Crippen LogP contribution in [0.1, 0.15) is 24.2 Å². The number of amides is 1. The van der Waals surface area contributed by atoms with Crippen LogP contribution >= 0.6 is 23.4 Å². The molecule has 0 bridgehead atoms. The van der Waals surface area contributed by atoms with Crippen LogP contribution in [-0.4, -0.2) is 53.7 Å². The molecule has 1 aliphatic heterocycles. The van der Waals surface area contributed by atoms with E-state index < -0.39 is 5.97 Å². The van der Waals surface area contributed by atoms with Crippen LogP contribution < -0.4 is 0 Å². The van der Waals surface area contributed by atoms with Crippen molar-refractivity contribution in [1.82, 2.24) is 9.88 Å². The van der Waals surface area contributed by atoms with E-state index in [0.29, 0.717) is 28.7 Å². The minimum atomic E-state index is -0.592. The van der Waals surface area contributed by atoms with Crippen LogP contribution in [0.2, 0.25) is 5.02 Å². The third-order valence-corrected chi connectivity index (χ3v) is 5.67. The average molecular weight is 421 g/mol. The number of aromatic nitrogens is 1. The molecule has 8 heteroatoms.